The molecule has 0 spiro atoms. The van der Waals surface area contributed by atoms with E-state index in [2.05, 4.69) is 4.98 Å². The number of halogens is 3. The minimum Gasteiger partial charge on any atom is -0.338 e. The van der Waals surface area contributed by atoms with Crippen molar-refractivity contribution in [2.45, 2.75) is 12.6 Å². The molecule has 1 aliphatic rings. The molecule has 118 valence electrons. The summed E-state index contributed by atoms with van der Waals surface area (Å²) in [5.74, 6) is -1.90. The van der Waals surface area contributed by atoms with Gasteiger partial charge in [-0.25, -0.2) is 4.79 Å². The van der Waals surface area contributed by atoms with Crippen molar-refractivity contribution in [3.05, 3.63) is 34.2 Å². The van der Waals surface area contributed by atoms with Gasteiger partial charge in [-0.3, -0.25) is 9.36 Å². The Bertz CT molecular complexity index is 791. The first-order valence-electron chi connectivity index (χ1n) is 6.82. The highest BCUT2D eigenvalue weighted by molar-refractivity contribution is 5.97. The first-order chi connectivity index (χ1) is 10.3. The number of fused-ring (bicyclic) bond motifs is 1. The molecule has 2 aromatic rings. The molecule has 1 fully saturated rings. The van der Waals surface area contributed by atoms with E-state index >= 15 is 0 Å². The van der Waals surface area contributed by atoms with E-state index in [4.69, 9.17) is 0 Å². The molecule has 22 heavy (non-hydrogen) atoms. The van der Waals surface area contributed by atoms with Gasteiger partial charge in [-0.15, -0.1) is 0 Å². The van der Waals surface area contributed by atoms with Crippen LogP contribution in [0.5, 0.6) is 0 Å². The van der Waals surface area contributed by atoms with Crippen molar-refractivity contribution in [2.24, 2.45) is 13.0 Å². The van der Waals surface area contributed by atoms with E-state index in [0.29, 0.717) is 11.0 Å². The molecular weight excluding hydrogens is 299 g/mol. The van der Waals surface area contributed by atoms with Crippen molar-refractivity contribution >= 4 is 16.9 Å². The Labute approximate surface area is 123 Å². The highest BCUT2D eigenvalue weighted by atomic mass is 19.4. The van der Waals surface area contributed by atoms with E-state index in [1.165, 1.54) is 21.6 Å². The van der Waals surface area contributed by atoms with Crippen molar-refractivity contribution in [3.8, 4) is 0 Å². The molecule has 3 rings (SSSR count). The second kappa shape index (κ2) is 4.89. The molecule has 1 aromatic heterocycles. The number of imidazole rings is 1. The molecule has 1 saturated heterocycles. The lowest BCUT2D eigenvalue weighted by molar-refractivity contribution is -0.169. The van der Waals surface area contributed by atoms with E-state index in [1.807, 2.05) is 0 Å². The van der Waals surface area contributed by atoms with Crippen molar-refractivity contribution in [1.29, 1.82) is 0 Å². The molecule has 1 atom stereocenters. The standard InChI is InChI=1S/C14H14F3N3O2/c1-19-11-6-8(2-3-10(11)18-13(19)22)12(21)20-5-4-9(7-20)14(15,16)17/h2-3,6,9H,4-5,7H2,1H3,(H,18,22). The summed E-state index contributed by atoms with van der Waals surface area (Å²) >= 11 is 0. The fourth-order valence-electron chi connectivity index (χ4n) is 2.75. The lowest BCUT2D eigenvalue weighted by Crippen LogP contribution is -2.31. The van der Waals surface area contributed by atoms with E-state index in [-0.39, 0.29) is 30.8 Å². The molecule has 8 heteroatoms. The number of nitrogens with zero attached hydrogens (tertiary/aromatic N) is 2. The number of carbonyl (C=O) groups is 1. The van der Waals surface area contributed by atoms with Gasteiger partial charge in [0.2, 0.25) is 0 Å². The highest BCUT2D eigenvalue weighted by Gasteiger charge is 2.44. The normalized spacial score (nSPS) is 19.1. The molecule has 1 aliphatic heterocycles. The van der Waals surface area contributed by atoms with Crippen molar-refractivity contribution in [1.82, 2.24) is 14.5 Å². The summed E-state index contributed by atoms with van der Waals surface area (Å²) in [7, 11) is 1.56. The number of alkyl halides is 3. The molecule has 0 aliphatic carbocycles. The average Bonchev–Trinajstić information content (AvgIpc) is 3.04. The quantitative estimate of drug-likeness (QED) is 0.874. The highest BCUT2D eigenvalue weighted by Crippen LogP contribution is 2.34. The van der Waals surface area contributed by atoms with Crippen LogP contribution >= 0.6 is 0 Å². The van der Waals surface area contributed by atoms with Crippen molar-refractivity contribution in [3.63, 3.8) is 0 Å². The van der Waals surface area contributed by atoms with Crippen LogP contribution in [-0.4, -0.2) is 39.6 Å². The lowest BCUT2D eigenvalue weighted by Gasteiger charge is -2.18. The van der Waals surface area contributed by atoms with Crippen LogP contribution in [0.25, 0.3) is 11.0 Å². The van der Waals surface area contributed by atoms with Crippen molar-refractivity contribution in [2.75, 3.05) is 13.1 Å². The Balaban J connectivity index is 1.87. The minimum absolute atomic E-state index is 0.0693. The summed E-state index contributed by atoms with van der Waals surface area (Å²) in [5, 5.41) is 0. The number of likely N-dealkylation sites (tertiary alicyclic amines) is 1. The summed E-state index contributed by atoms with van der Waals surface area (Å²) in [4.78, 5) is 27.7. The molecule has 1 unspecified atom stereocenters. The predicted octanol–water partition coefficient (Wildman–Crippen LogP) is 1.89. The van der Waals surface area contributed by atoms with Gasteiger partial charge in [0.25, 0.3) is 5.91 Å². The van der Waals surface area contributed by atoms with Crippen LogP contribution in [-0.2, 0) is 7.05 Å². The van der Waals surface area contributed by atoms with Gasteiger partial charge in [-0.1, -0.05) is 0 Å². The maximum atomic E-state index is 12.7. The molecular formula is C14H14F3N3O2. The largest absolute Gasteiger partial charge is 0.393 e. The number of carbonyl (C=O) groups excluding carboxylic acids is 1. The topological polar surface area (TPSA) is 58.1 Å². The molecule has 0 radical (unpaired) electrons. The van der Waals surface area contributed by atoms with Crippen LogP contribution in [0.1, 0.15) is 16.8 Å². The summed E-state index contributed by atoms with van der Waals surface area (Å²) < 4.78 is 39.4. The zero-order valence-electron chi connectivity index (χ0n) is 11.8. The van der Waals surface area contributed by atoms with Gasteiger partial charge < -0.3 is 9.88 Å². The Morgan fingerprint density at radius 3 is 2.73 bits per heavy atom. The van der Waals surface area contributed by atoms with Gasteiger partial charge in [-0.05, 0) is 24.6 Å². The first kappa shape index (κ1) is 14.7. The monoisotopic (exact) mass is 313 g/mol. The molecule has 0 saturated carbocycles. The Kier molecular flexibility index (Phi) is 3.26. The number of aromatic nitrogens is 2. The number of aromatic amines is 1. The second-order valence-corrected chi connectivity index (χ2v) is 5.50. The zero-order valence-corrected chi connectivity index (χ0v) is 11.8. The summed E-state index contributed by atoms with van der Waals surface area (Å²) in [5.41, 5.74) is 1.10. The lowest BCUT2D eigenvalue weighted by atomic mass is 10.1. The Morgan fingerprint density at radius 1 is 1.36 bits per heavy atom. The Morgan fingerprint density at radius 2 is 2.09 bits per heavy atom. The van der Waals surface area contributed by atoms with Crippen molar-refractivity contribution < 1.29 is 18.0 Å². The third kappa shape index (κ3) is 2.38. The molecule has 2 heterocycles. The molecule has 1 N–H and O–H groups in total. The van der Waals surface area contributed by atoms with Crippen LogP contribution in [0.15, 0.2) is 23.0 Å². The zero-order chi connectivity index (χ0) is 16.1. The SMILES string of the molecule is Cn1c(=O)[nH]c2ccc(C(=O)N3CCC(C(F)(F)F)C3)cc21. The van der Waals surface area contributed by atoms with Gasteiger partial charge in [0, 0.05) is 25.7 Å². The van der Waals surface area contributed by atoms with Gasteiger partial charge >= 0.3 is 11.9 Å². The third-order valence-electron chi connectivity index (χ3n) is 4.09. The van der Waals surface area contributed by atoms with E-state index in [9.17, 15) is 22.8 Å². The second-order valence-electron chi connectivity index (χ2n) is 5.50. The van der Waals surface area contributed by atoms with Gasteiger partial charge in [-0.2, -0.15) is 13.2 Å². The van der Waals surface area contributed by atoms with Crippen LogP contribution < -0.4 is 5.69 Å². The number of benzene rings is 1. The van der Waals surface area contributed by atoms with Crippen LogP contribution in [0.4, 0.5) is 13.2 Å². The maximum absolute atomic E-state index is 12.7. The number of hydrogen-bond donors (Lipinski definition) is 1. The Hall–Kier alpha value is -2.25. The van der Waals surface area contributed by atoms with Gasteiger partial charge in [0.05, 0.1) is 17.0 Å². The smallest absolute Gasteiger partial charge is 0.338 e. The van der Waals surface area contributed by atoms with E-state index < -0.39 is 18.0 Å². The van der Waals surface area contributed by atoms with Gasteiger partial charge in [0.1, 0.15) is 0 Å². The van der Waals surface area contributed by atoms with Crippen LogP contribution in [0.3, 0.4) is 0 Å². The average molecular weight is 313 g/mol. The fraction of sp³-hybridized carbons (Fsp3) is 0.429. The van der Waals surface area contributed by atoms with E-state index in [1.54, 1.807) is 13.1 Å². The molecule has 1 aromatic carbocycles. The van der Waals surface area contributed by atoms with Crippen LogP contribution in [0, 0.1) is 5.92 Å². The predicted molar refractivity (Wildman–Crippen MR) is 73.6 cm³/mol. The number of hydrogen-bond acceptors (Lipinski definition) is 2. The molecule has 0 bridgehead atoms. The number of nitrogens with one attached hydrogen (secondary N) is 1. The fourth-order valence-corrected chi connectivity index (χ4v) is 2.75. The molecule has 1 amide bonds. The number of rotatable bonds is 1. The van der Waals surface area contributed by atoms with Crippen LogP contribution in [0.2, 0.25) is 0 Å². The maximum Gasteiger partial charge on any atom is 0.393 e. The number of H-pyrrole nitrogens is 1. The van der Waals surface area contributed by atoms with E-state index in [0.717, 1.165) is 0 Å². The summed E-state index contributed by atoms with van der Waals surface area (Å²) in [6.45, 7) is -0.223. The number of amides is 1. The van der Waals surface area contributed by atoms with Gasteiger partial charge in [0.15, 0.2) is 0 Å². The summed E-state index contributed by atoms with van der Waals surface area (Å²) in [6.07, 6.45) is -4.34. The summed E-state index contributed by atoms with van der Waals surface area (Å²) in [6, 6.07) is 4.62. The third-order valence-corrected chi connectivity index (χ3v) is 4.09. The first-order valence-corrected chi connectivity index (χ1v) is 6.82. The number of aryl methyl sites for hydroxylation is 1. The minimum atomic E-state index is -4.27. The molecule has 5 nitrogen and oxygen atoms in total.